The summed E-state index contributed by atoms with van der Waals surface area (Å²) in [5, 5.41) is 3.77. The van der Waals surface area contributed by atoms with Crippen molar-refractivity contribution in [3.05, 3.63) is 46.6 Å². The number of hydrogen-bond donors (Lipinski definition) is 1. The van der Waals surface area contributed by atoms with Crippen LogP contribution in [-0.4, -0.2) is 15.0 Å². The molecule has 0 aromatic carbocycles. The van der Waals surface area contributed by atoms with Gasteiger partial charge in [0.25, 0.3) is 0 Å². The summed E-state index contributed by atoms with van der Waals surface area (Å²) in [6, 6.07) is 3.97. The van der Waals surface area contributed by atoms with E-state index in [0.717, 1.165) is 29.1 Å². The zero-order valence-electron chi connectivity index (χ0n) is 10.4. The summed E-state index contributed by atoms with van der Waals surface area (Å²) >= 11 is 6.04. The van der Waals surface area contributed by atoms with Crippen LogP contribution in [0.3, 0.4) is 0 Å². The first-order chi connectivity index (χ1) is 8.72. The van der Waals surface area contributed by atoms with E-state index in [0.29, 0.717) is 11.7 Å². The van der Waals surface area contributed by atoms with E-state index in [9.17, 15) is 0 Å². The van der Waals surface area contributed by atoms with E-state index >= 15 is 0 Å². The molecule has 2 rings (SSSR count). The third-order valence-electron chi connectivity index (χ3n) is 2.79. The van der Waals surface area contributed by atoms with Crippen molar-refractivity contribution in [2.45, 2.75) is 26.8 Å². The maximum atomic E-state index is 6.04. The third-order valence-corrected chi connectivity index (χ3v) is 3.11. The molecule has 0 saturated carbocycles. The predicted molar refractivity (Wildman–Crippen MR) is 72.7 cm³/mol. The lowest BCUT2D eigenvalue weighted by Gasteiger charge is -2.11. The lowest BCUT2D eigenvalue weighted by molar-refractivity contribution is 0.973. The van der Waals surface area contributed by atoms with Gasteiger partial charge in [0.05, 0.1) is 12.2 Å². The fraction of sp³-hybridized carbons (Fsp3) is 0.308. The van der Waals surface area contributed by atoms with Crippen LogP contribution in [0.2, 0.25) is 5.15 Å². The molecular weight excluding hydrogens is 248 g/mol. The molecule has 0 radical (unpaired) electrons. The minimum atomic E-state index is 0.507. The summed E-state index contributed by atoms with van der Waals surface area (Å²) in [4.78, 5) is 12.5. The van der Waals surface area contributed by atoms with E-state index in [2.05, 4.69) is 20.3 Å². The van der Waals surface area contributed by atoms with Gasteiger partial charge < -0.3 is 5.32 Å². The molecule has 1 N–H and O–H groups in total. The molecule has 5 heteroatoms. The Bertz CT molecular complexity index is 542. The molecule has 0 aliphatic heterocycles. The largest absolute Gasteiger partial charge is 0.364 e. The SMILES string of the molecule is CCc1c(Cl)ncnc1NCc1ncccc1C. The van der Waals surface area contributed by atoms with Crippen LogP contribution in [0.5, 0.6) is 0 Å². The average molecular weight is 263 g/mol. The number of rotatable bonds is 4. The van der Waals surface area contributed by atoms with E-state index in [1.165, 1.54) is 6.33 Å². The molecule has 0 saturated heterocycles. The van der Waals surface area contributed by atoms with E-state index < -0.39 is 0 Å². The number of aryl methyl sites for hydroxylation is 1. The quantitative estimate of drug-likeness (QED) is 0.861. The predicted octanol–water partition coefficient (Wildman–Crippen LogP) is 3.01. The number of anilines is 1. The van der Waals surface area contributed by atoms with Crippen molar-refractivity contribution in [2.75, 3.05) is 5.32 Å². The maximum absolute atomic E-state index is 6.04. The standard InChI is InChI=1S/C13H15ClN4/c1-3-10-12(14)17-8-18-13(10)16-7-11-9(2)5-4-6-15-11/h4-6,8H,3,7H2,1-2H3,(H,16,17,18). The summed E-state index contributed by atoms with van der Waals surface area (Å²) in [5.74, 6) is 0.780. The second kappa shape index (κ2) is 5.78. The third kappa shape index (κ3) is 2.76. The Kier molecular flexibility index (Phi) is 4.10. The van der Waals surface area contributed by atoms with Crippen LogP contribution >= 0.6 is 11.6 Å². The average Bonchev–Trinajstić information content (AvgIpc) is 2.38. The number of nitrogens with zero attached hydrogens (tertiary/aromatic N) is 3. The number of pyridine rings is 1. The maximum Gasteiger partial charge on any atom is 0.137 e. The molecule has 94 valence electrons. The number of halogens is 1. The lowest BCUT2D eigenvalue weighted by Crippen LogP contribution is -2.07. The Labute approximate surface area is 111 Å². The lowest BCUT2D eigenvalue weighted by atomic mass is 10.2. The van der Waals surface area contributed by atoms with Crippen molar-refractivity contribution >= 4 is 17.4 Å². The van der Waals surface area contributed by atoms with Gasteiger partial charge in [-0.05, 0) is 25.0 Å². The van der Waals surface area contributed by atoms with Gasteiger partial charge in [-0.1, -0.05) is 24.6 Å². The molecule has 2 aromatic rings. The Morgan fingerprint density at radius 3 is 2.83 bits per heavy atom. The highest BCUT2D eigenvalue weighted by molar-refractivity contribution is 6.30. The molecule has 0 fully saturated rings. The molecule has 2 aromatic heterocycles. The second-order valence-corrected chi connectivity index (χ2v) is 4.32. The number of aromatic nitrogens is 3. The summed E-state index contributed by atoms with van der Waals surface area (Å²) in [6.45, 7) is 4.70. The van der Waals surface area contributed by atoms with E-state index in [-0.39, 0.29) is 0 Å². The molecule has 18 heavy (non-hydrogen) atoms. The molecule has 2 heterocycles. The summed E-state index contributed by atoms with van der Waals surface area (Å²) in [6.07, 6.45) is 4.05. The number of nitrogens with one attached hydrogen (secondary N) is 1. The zero-order valence-corrected chi connectivity index (χ0v) is 11.2. The van der Waals surface area contributed by atoms with Gasteiger partial charge in [-0.2, -0.15) is 0 Å². The van der Waals surface area contributed by atoms with Gasteiger partial charge in [-0.25, -0.2) is 9.97 Å². The van der Waals surface area contributed by atoms with Crippen LogP contribution in [0.4, 0.5) is 5.82 Å². The fourth-order valence-electron chi connectivity index (χ4n) is 1.73. The molecule has 0 amide bonds. The molecule has 4 nitrogen and oxygen atoms in total. The van der Waals surface area contributed by atoms with Gasteiger partial charge in [0.1, 0.15) is 17.3 Å². The normalized spacial score (nSPS) is 10.4. The highest BCUT2D eigenvalue weighted by Crippen LogP contribution is 2.20. The van der Waals surface area contributed by atoms with Crippen LogP contribution < -0.4 is 5.32 Å². The second-order valence-electron chi connectivity index (χ2n) is 3.97. The smallest absolute Gasteiger partial charge is 0.137 e. The van der Waals surface area contributed by atoms with Crippen LogP contribution in [0.1, 0.15) is 23.7 Å². The Morgan fingerprint density at radius 2 is 2.11 bits per heavy atom. The number of hydrogen-bond acceptors (Lipinski definition) is 4. The van der Waals surface area contributed by atoms with E-state index in [1.54, 1.807) is 6.20 Å². The van der Waals surface area contributed by atoms with Gasteiger partial charge in [-0.15, -0.1) is 0 Å². The minimum Gasteiger partial charge on any atom is -0.364 e. The topological polar surface area (TPSA) is 50.7 Å². The van der Waals surface area contributed by atoms with Gasteiger partial charge in [0.15, 0.2) is 0 Å². The van der Waals surface area contributed by atoms with Gasteiger partial charge in [0, 0.05) is 11.8 Å². The molecule has 0 unspecified atom stereocenters. The molecule has 0 aliphatic rings. The zero-order chi connectivity index (χ0) is 13.0. The van der Waals surface area contributed by atoms with E-state index in [4.69, 9.17) is 11.6 Å². The summed E-state index contributed by atoms with van der Waals surface area (Å²) in [7, 11) is 0. The first-order valence-electron chi connectivity index (χ1n) is 5.86. The fourth-order valence-corrected chi connectivity index (χ4v) is 1.99. The van der Waals surface area contributed by atoms with Crippen molar-refractivity contribution < 1.29 is 0 Å². The van der Waals surface area contributed by atoms with Crippen LogP contribution in [0.15, 0.2) is 24.7 Å². The van der Waals surface area contributed by atoms with Crippen molar-refractivity contribution in [3.8, 4) is 0 Å². The summed E-state index contributed by atoms with van der Waals surface area (Å²) in [5.41, 5.74) is 3.10. The Balaban J connectivity index is 2.16. The van der Waals surface area contributed by atoms with Crippen molar-refractivity contribution in [1.82, 2.24) is 15.0 Å². The monoisotopic (exact) mass is 262 g/mol. The van der Waals surface area contributed by atoms with Gasteiger partial charge in [0.2, 0.25) is 0 Å². The van der Waals surface area contributed by atoms with Crippen molar-refractivity contribution in [3.63, 3.8) is 0 Å². The molecule has 0 bridgehead atoms. The van der Waals surface area contributed by atoms with Gasteiger partial charge in [-0.3, -0.25) is 4.98 Å². The minimum absolute atomic E-state index is 0.507. The first kappa shape index (κ1) is 12.8. The Morgan fingerprint density at radius 1 is 1.28 bits per heavy atom. The van der Waals surface area contributed by atoms with Crippen LogP contribution in [-0.2, 0) is 13.0 Å². The van der Waals surface area contributed by atoms with Crippen LogP contribution in [0, 0.1) is 6.92 Å². The van der Waals surface area contributed by atoms with Gasteiger partial charge >= 0.3 is 0 Å². The van der Waals surface area contributed by atoms with Crippen LogP contribution in [0.25, 0.3) is 0 Å². The molecule has 0 aliphatic carbocycles. The van der Waals surface area contributed by atoms with E-state index in [1.807, 2.05) is 26.0 Å². The van der Waals surface area contributed by atoms with Crippen molar-refractivity contribution in [1.29, 1.82) is 0 Å². The first-order valence-corrected chi connectivity index (χ1v) is 6.24. The van der Waals surface area contributed by atoms with Crippen molar-refractivity contribution in [2.24, 2.45) is 0 Å². The highest BCUT2D eigenvalue weighted by atomic mass is 35.5. The molecule has 0 atom stereocenters. The Hall–Kier alpha value is -1.68. The highest BCUT2D eigenvalue weighted by Gasteiger charge is 2.08. The molecule has 0 spiro atoms. The molecular formula is C13H15ClN4. The summed E-state index contributed by atoms with van der Waals surface area (Å²) < 4.78 is 0.